The molecule has 0 fully saturated rings. The summed E-state index contributed by atoms with van der Waals surface area (Å²) in [5.74, 6) is 0.0763. The van der Waals surface area contributed by atoms with E-state index in [1.807, 2.05) is 19.1 Å². The van der Waals surface area contributed by atoms with Crippen molar-refractivity contribution in [2.45, 2.75) is 31.1 Å². The molecule has 18 heavy (non-hydrogen) atoms. The Balaban J connectivity index is 2.49. The molecule has 0 aromatic heterocycles. The number of hydrogen-bond donors (Lipinski definition) is 1. The van der Waals surface area contributed by atoms with Crippen molar-refractivity contribution in [2.24, 2.45) is 5.92 Å². The van der Waals surface area contributed by atoms with Crippen molar-refractivity contribution in [3.63, 3.8) is 0 Å². The summed E-state index contributed by atoms with van der Waals surface area (Å²) in [7, 11) is 0. The topological polar surface area (TPSA) is 46.5 Å². The molecule has 0 saturated heterocycles. The van der Waals surface area contributed by atoms with Gasteiger partial charge in [0.15, 0.2) is 0 Å². The monoisotopic (exact) mass is 330 g/mol. The maximum absolute atomic E-state index is 10.7. The Morgan fingerprint density at radius 2 is 2.28 bits per heavy atom. The van der Waals surface area contributed by atoms with Crippen LogP contribution >= 0.6 is 11.6 Å². The van der Waals surface area contributed by atoms with Crippen LogP contribution in [0.15, 0.2) is 24.3 Å². The maximum atomic E-state index is 10.7. The molecular weight excluding hydrogens is 315 g/mol. The molecule has 0 heterocycles. The van der Waals surface area contributed by atoms with E-state index < -0.39 is 5.97 Å². The number of carboxylic acid groups (broad SMARTS) is 1. The normalized spacial score (nSPS) is 13.9. The first-order valence-electron chi connectivity index (χ1n) is 5.76. The van der Waals surface area contributed by atoms with E-state index in [1.165, 1.54) is 0 Å². The van der Waals surface area contributed by atoms with E-state index in [4.69, 9.17) is 21.4 Å². The van der Waals surface area contributed by atoms with Crippen LogP contribution in [0.4, 0.5) is 0 Å². The van der Waals surface area contributed by atoms with Gasteiger partial charge in [0.25, 0.3) is 0 Å². The molecule has 2 radical (unpaired) electrons. The van der Waals surface area contributed by atoms with Crippen LogP contribution in [0, 0.1) is 5.92 Å². The second-order valence-electron chi connectivity index (χ2n) is 4.27. The van der Waals surface area contributed by atoms with Crippen molar-refractivity contribution in [1.29, 1.82) is 0 Å². The Morgan fingerprint density at radius 3 is 2.83 bits per heavy atom. The van der Waals surface area contributed by atoms with Gasteiger partial charge in [0.2, 0.25) is 0 Å². The predicted molar refractivity (Wildman–Crippen MR) is 72.5 cm³/mol. The molecule has 1 N–H and O–H groups in total. The zero-order valence-corrected chi connectivity index (χ0v) is 12.8. The third-order valence-corrected chi connectivity index (χ3v) is 3.84. The number of halogens is 1. The molecule has 0 amide bonds. The SMILES string of the molecule is CC(CC(C[As])CC(=O)O)Oc1cccc(Cl)c1. The summed E-state index contributed by atoms with van der Waals surface area (Å²) in [6, 6.07) is 7.22. The Bertz CT molecular complexity index is 398. The fourth-order valence-electron chi connectivity index (χ4n) is 1.76. The number of benzene rings is 1. The molecule has 0 saturated carbocycles. The first-order chi connectivity index (χ1) is 8.51. The quantitative estimate of drug-likeness (QED) is 0.781. The second-order valence-corrected chi connectivity index (χ2v) is 5.47. The van der Waals surface area contributed by atoms with Gasteiger partial charge < -0.3 is 0 Å². The van der Waals surface area contributed by atoms with Crippen LogP contribution in [0.1, 0.15) is 19.8 Å². The average molecular weight is 331 g/mol. The molecule has 0 aliphatic carbocycles. The molecule has 0 aliphatic heterocycles. The number of hydrogen-bond acceptors (Lipinski definition) is 2. The standard InChI is InChI=1S/C13H16AsClO3/c1-9(5-10(8-14)6-13(16)17)18-12-4-2-3-11(15)7-12/h2-4,7,9-10H,5-6,8H2,1H3,(H,16,17). The molecule has 2 atom stereocenters. The molecule has 1 aromatic rings. The van der Waals surface area contributed by atoms with E-state index in [0.29, 0.717) is 11.4 Å². The van der Waals surface area contributed by atoms with Gasteiger partial charge in [0.05, 0.1) is 0 Å². The summed E-state index contributed by atoms with van der Waals surface area (Å²) < 4.78 is 5.72. The van der Waals surface area contributed by atoms with Crippen molar-refractivity contribution in [3.8, 4) is 5.75 Å². The van der Waals surface area contributed by atoms with Gasteiger partial charge in [0.1, 0.15) is 0 Å². The Labute approximate surface area is 121 Å². The van der Waals surface area contributed by atoms with Gasteiger partial charge >= 0.3 is 121 Å². The number of carbonyl (C=O) groups is 1. The number of aliphatic carboxylic acids is 1. The molecule has 2 unspecified atom stereocenters. The van der Waals surface area contributed by atoms with Crippen molar-refractivity contribution in [3.05, 3.63) is 29.3 Å². The third-order valence-electron chi connectivity index (χ3n) is 2.52. The van der Waals surface area contributed by atoms with Gasteiger partial charge in [-0.15, -0.1) is 0 Å². The van der Waals surface area contributed by atoms with E-state index in [2.05, 4.69) is 16.9 Å². The van der Waals surface area contributed by atoms with Crippen LogP contribution in [-0.4, -0.2) is 34.0 Å². The van der Waals surface area contributed by atoms with E-state index >= 15 is 0 Å². The van der Waals surface area contributed by atoms with E-state index in [9.17, 15) is 4.79 Å². The first-order valence-corrected chi connectivity index (χ1v) is 7.46. The van der Waals surface area contributed by atoms with Crippen LogP contribution in [0.25, 0.3) is 0 Å². The molecule has 1 rings (SSSR count). The average Bonchev–Trinajstić information content (AvgIpc) is 2.27. The van der Waals surface area contributed by atoms with Crippen LogP contribution in [-0.2, 0) is 4.79 Å². The molecule has 3 nitrogen and oxygen atoms in total. The first kappa shape index (κ1) is 15.4. The molecule has 5 heteroatoms. The Morgan fingerprint density at radius 1 is 1.56 bits per heavy atom. The zero-order valence-electron chi connectivity index (χ0n) is 10.2. The van der Waals surface area contributed by atoms with Crippen molar-refractivity contribution in [1.82, 2.24) is 0 Å². The van der Waals surface area contributed by atoms with Crippen molar-refractivity contribution in [2.75, 3.05) is 0 Å². The van der Waals surface area contributed by atoms with Crippen LogP contribution in [0.5, 0.6) is 5.75 Å². The van der Waals surface area contributed by atoms with E-state index in [-0.39, 0.29) is 18.4 Å². The second kappa shape index (κ2) is 7.70. The number of ether oxygens (including phenoxy) is 1. The number of rotatable bonds is 7. The molecule has 0 bridgehead atoms. The summed E-state index contributed by atoms with van der Waals surface area (Å²) in [5, 5.41) is 10.2. The summed E-state index contributed by atoms with van der Waals surface area (Å²) in [6.45, 7) is 1.94. The number of carboxylic acids is 1. The Hall–Kier alpha value is -0.662. The summed E-state index contributed by atoms with van der Waals surface area (Å²) >= 11 is 8.31. The molecule has 98 valence electrons. The molecule has 0 aliphatic rings. The van der Waals surface area contributed by atoms with Gasteiger partial charge in [-0.1, -0.05) is 0 Å². The van der Waals surface area contributed by atoms with Crippen molar-refractivity contribution >= 4 is 34.4 Å². The zero-order chi connectivity index (χ0) is 13.5. The minimum absolute atomic E-state index is 0.0306. The van der Waals surface area contributed by atoms with Crippen LogP contribution in [0.3, 0.4) is 0 Å². The fraction of sp³-hybridized carbons (Fsp3) is 0.462. The summed E-state index contributed by atoms with van der Waals surface area (Å²) in [6.07, 6.45) is 0.864. The Kier molecular flexibility index (Phi) is 6.59. The summed E-state index contributed by atoms with van der Waals surface area (Å²) in [4.78, 5) is 10.7. The van der Waals surface area contributed by atoms with Gasteiger partial charge in [0, 0.05) is 0 Å². The predicted octanol–water partition coefficient (Wildman–Crippen LogP) is 3.18. The van der Waals surface area contributed by atoms with E-state index in [0.717, 1.165) is 11.0 Å². The van der Waals surface area contributed by atoms with Gasteiger partial charge in [-0.2, -0.15) is 0 Å². The van der Waals surface area contributed by atoms with Gasteiger partial charge in [-0.3, -0.25) is 0 Å². The van der Waals surface area contributed by atoms with Crippen LogP contribution < -0.4 is 4.74 Å². The molecule has 1 aromatic carbocycles. The van der Waals surface area contributed by atoms with Crippen molar-refractivity contribution < 1.29 is 14.6 Å². The molecular formula is C13H16AsClO3. The van der Waals surface area contributed by atoms with E-state index in [1.54, 1.807) is 12.1 Å². The summed E-state index contributed by atoms with van der Waals surface area (Å²) in [5.41, 5.74) is 0. The fourth-order valence-corrected chi connectivity index (χ4v) is 2.52. The van der Waals surface area contributed by atoms with Gasteiger partial charge in [-0.25, -0.2) is 0 Å². The van der Waals surface area contributed by atoms with Gasteiger partial charge in [-0.05, 0) is 0 Å². The van der Waals surface area contributed by atoms with Crippen LogP contribution in [0.2, 0.25) is 10.2 Å². The molecule has 0 spiro atoms. The minimum atomic E-state index is -0.763. The third kappa shape index (κ3) is 5.79.